The van der Waals surface area contributed by atoms with Crippen molar-refractivity contribution in [2.24, 2.45) is 12.8 Å². The third-order valence-electron chi connectivity index (χ3n) is 3.54. The summed E-state index contributed by atoms with van der Waals surface area (Å²) in [5.41, 5.74) is 8.08. The molecule has 1 unspecified atom stereocenters. The first-order chi connectivity index (χ1) is 9.92. The van der Waals surface area contributed by atoms with E-state index < -0.39 is 0 Å². The Bertz CT molecular complexity index is 664. The van der Waals surface area contributed by atoms with Crippen LogP contribution in [0.3, 0.4) is 0 Å². The number of nitrogens with two attached hydrogens (primary N) is 1. The quantitative estimate of drug-likeness (QED) is 0.849. The fourth-order valence-corrected chi connectivity index (χ4v) is 2.67. The van der Waals surface area contributed by atoms with Crippen LogP contribution >= 0.6 is 23.2 Å². The summed E-state index contributed by atoms with van der Waals surface area (Å²) in [6.45, 7) is 2.05. The van der Waals surface area contributed by atoms with Gasteiger partial charge in [0.2, 0.25) is 0 Å². The standard InChI is InChI=1S/C16H18Cl2N2O/c1-3-12(19)8-13-6-10(9-20(13)2)16(21)14-5-4-11(17)7-15(14)18/h4-7,9,12H,3,8,19H2,1-2H3. The number of halogens is 2. The Labute approximate surface area is 134 Å². The van der Waals surface area contributed by atoms with Crippen molar-refractivity contribution in [3.8, 4) is 0 Å². The Morgan fingerprint density at radius 2 is 2.05 bits per heavy atom. The minimum Gasteiger partial charge on any atom is -0.354 e. The highest BCUT2D eigenvalue weighted by Gasteiger charge is 2.16. The van der Waals surface area contributed by atoms with E-state index in [-0.39, 0.29) is 11.8 Å². The van der Waals surface area contributed by atoms with Crippen LogP contribution in [0.1, 0.15) is 35.0 Å². The topological polar surface area (TPSA) is 48.0 Å². The van der Waals surface area contributed by atoms with Gasteiger partial charge in [0.25, 0.3) is 0 Å². The van der Waals surface area contributed by atoms with E-state index in [4.69, 9.17) is 28.9 Å². The normalized spacial score (nSPS) is 12.4. The number of ketones is 1. The molecule has 0 aliphatic heterocycles. The van der Waals surface area contributed by atoms with Crippen LogP contribution in [-0.2, 0) is 13.5 Å². The SMILES string of the molecule is CCC(N)Cc1cc(C(=O)c2ccc(Cl)cc2Cl)cn1C. The van der Waals surface area contributed by atoms with E-state index in [0.29, 0.717) is 21.2 Å². The number of aryl methyl sites for hydroxylation is 1. The van der Waals surface area contributed by atoms with E-state index in [1.807, 2.05) is 30.8 Å². The van der Waals surface area contributed by atoms with Crippen LogP contribution in [-0.4, -0.2) is 16.4 Å². The number of carbonyl (C=O) groups is 1. The van der Waals surface area contributed by atoms with Gasteiger partial charge in [-0.3, -0.25) is 4.79 Å². The molecule has 5 heteroatoms. The second kappa shape index (κ2) is 6.65. The average molecular weight is 325 g/mol. The monoisotopic (exact) mass is 324 g/mol. The molecule has 3 nitrogen and oxygen atoms in total. The molecule has 21 heavy (non-hydrogen) atoms. The summed E-state index contributed by atoms with van der Waals surface area (Å²) in [7, 11) is 1.91. The predicted molar refractivity (Wildman–Crippen MR) is 87.3 cm³/mol. The maximum absolute atomic E-state index is 12.5. The fourth-order valence-electron chi connectivity index (χ4n) is 2.18. The molecule has 1 aromatic carbocycles. The first kappa shape index (κ1) is 16.1. The Balaban J connectivity index is 2.29. The highest BCUT2D eigenvalue weighted by atomic mass is 35.5. The summed E-state index contributed by atoms with van der Waals surface area (Å²) in [6.07, 6.45) is 3.46. The molecule has 0 spiro atoms. The summed E-state index contributed by atoms with van der Waals surface area (Å²) >= 11 is 12.0. The Kier molecular flexibility index (Phi) is 5.09. The van der Waals surface area contributed by atoms with Crippen LogP contribution in [0.2, 0.25) is 10.0 Å². The summed E-state index contributed by atoms with van der Waals surface area (Å²) in [5, 5.41) is 0.877. The molecule has 2 rings (SSSR count). The second-order valence-electron chi connectivity index (χ2n) is 5.16. The van der Waals surface area contributed by atoms with Gasteiger partial charge in [-0.25, -0.2) is 0 Å². The van der Waals surface area contributed by atoms with Crippen LogP contribution in [0.4, 0.5) is 0 Å². The number of nitrogens with zero attached hydrogens (tertiary/aromatic N) is 1. The van der Waals surface area contributed by atoms with E-state index in [2.05, 4.69) is 0 Å². The zero-order valence-electron chi connectivity index (χ0n) is 12.1. The van der Waals surface area contributed by atoms with Crippen molar-refractivity contribution in [1.29, 1.82) is 0 Å². The van der Waals surface area contributed by atoms with E-state index in [1.54, 1.807) is 18.2 Å². The molecule has 1 heterocycles. The average Bonchev–Trinajstić information content (AvgIpc) is 2.79. The molecule has 0 saturated carbocycles. The fraction of sp³-hybridized carbons (Fsp3) is 0.312. The van der Waals surface area contributed by atoms with E-state index in [0.717, 1.165) is 18.5 Å². The molecule has 0 bridgehead atoms. The van der Waals surface area contributed by atoms with Crippen LogP contribution in [0.25, 0.3) is 0 Å². The maximum Gasteiger partial charge on any atom is 0.196 e. The Morgan fingerprint density at radius 1 is 1.33 bits per heavy atom. The second-order valence-corrected chi connectivity index (χ2v) is 6.00. The van der Waals surface area contributed by atoms with Gasteiger partial charge in [-0.05, 0) is 30.7 Å². The van der Waals surface area contributed by atoms with Crippen LogP contribution in [0.15, 0.2) is 30.5 Å². The Hall–Kier alpha value is -1.29. The van der Waals surface area contributed by atoms with Gasteiger partial charge in [-0.2, -0.15) is 0 Å². The van der Waals surface area contributed by atoms with E-state index in [1.165, 1.54) is 0 Å². The van der Waals surface area contributed by atoms with Gasteiger partial charge in [0.05, 0.1) is 5.02 Å². The number of hydrogen-bond donors (Lipinski definition) is 1. The lowest BCUT2D eigenvalue weighted by Gasteiger charge is -2.08. The molecular weight excluding hydrogens is 307 g/mol. The van der Waals surface area contributed by atoms with Gasteiger partial charge in [-0.1, -0.05) is 30.1 Å². The molecule has 0 fully saturated rings. The van der Waals surface area contributed by atoms with Crippen molar-refractivity contribution in [3.05, 3.63) is 57.3 Å². The van der Waals surface area contributed by atoms with Crippen LogP contribution in [0.5, 0.6) is 0 Å². The van der Waals surface area contributed by atoms with Crippen molar-refractivity contribution < 1.29 is 4.79 Å². The third kappa shape index (κ3) is 3.67. The minimum atomic E-state index is -0.108. The lowest BCUT2D eigenvalue weighted by molar-refractivity contribution is 0.103. The van der Waals surface area contributed by atoms with E-state index in [9.17, 15) is 4.79 Å². The molecule has 0 amide bonds. The number of benzene rings is 1. The number of rotatable bonds is 5. The molecule has 2 N–H and O–H groups in total. The zero-order valence-corrected chi connectivity index (χ0v) is 13.6. The van der Waals surface area contributed by atoms with Crippen LogP contribution < -0.4 is 5.73 Å². The molecule has 1 atom stereocenters. The molecule has 112 valence electrons. The smallest absolute Gasteiger partial charge is 0.196 e. The lowest BCUT2D eigenvalue weighted by Crippen LogP contribution is -2.22. The summed E-state index contributed by atoms with van der Waals surface area (Å²) in [4.78, 5) is 12.5. The first-order valence-corrected chi connectivity index (χ1v) is 7.58. The van der Waals surface area contributed by atoms with Crippen molar-refractivity contribution in [3.63, 3.8) is 0 Å². The highest BCUT2D eigenvalue weighted by Crippen LogP contribution is 2.24. The molecular formula is C16H18Cl2N2O. The third-order valence-corrected chi connectivity index (χ3v) is 4.09. The van der Waals surface area contributed by atoms with Gasteiger partial charge in [0.15, 0.2) is 5.78 Å². The van der Waals surface area contributed by atoms with Gasteiger partial charge >= 0.3 is 0 Å². The van der Waals surface area contributed by atoms with E-state index >= 15 is 0 Å². The van der Waals surface area contributed by atoms with Crippen LogP contribution in [0, 0.1) is 0 Å². The number of carbonyl (C=O) groups excluding carboxylic acids is 1. The predicted octanol–water partition coefficient (Wildman–Crippen LogP) is 3.84. The summed E-state index contributed by atoms with van der Waals surface area (Å²) in [6, 6.07) is 6.87. The zero-order chi connectivity index (χ0) is 15.6. The van der Waals surface area contributed by atoms with Gasteiger partial charge in [0, 0.05) is 47.6 Å². The Morgan fingerprint density at radius 3 is 2.67 bits per heavy atom. The molecule has 0 aliphatic carbocycles. The summed E-state index contributed by atoms with van der Waals surface area (Å²) < 4.78 is 1.94. The largest absolute Gasteiger partial charge is 0.354 e. The van der Waals surface area contributed by atoms with Gasteiger partial charge in [0.1, 0.15) is 0 Å². The molecule has 0 radical (unpaired) electrons. The number of aromatic nitrogens is 1. The maximum atomic E-state index is 12.5. The van der Waals surface area contributed by atoms with Gasteiger partial charge in [-0.15, -0.1) is 0 Å². The first-order valence-electron chi connectivity index (χ1n) is 6.83. The van der Waals surface area contributed by atoms with Crippen molar-refractivity contribution in [2.75, 3.05) is 0 Å². The van der Waals surface area contributed by atoms with Crippen molar-refractivity contribution in [2.45, 2.75) is 25.8 Å². The van der Waals surface area contributed by atoms with Crippen molar-refractivity contribution in [1.82, 2.24) is 4.57 Å². The lowest BCUT2D eigenvalue weighted by atomic mass is 10.0. The molecule has 0 aliphatic rings. The highest BCUT2D eigenvalue weighted by molar-refractivity contribution is 6.37. The summed E-state index contributed by atoms with van der Waals surface area (Å²) in [5.74, 6) is -0.108. The number of hydrogen-bond acceptors (Lipinski definition) is 2. The molecule has 2 aromatic rings. The molecule has 1 aromatic heterocycles. The van der Waals surface area contributed by atoms with Gasteiger partial charge < -0.3 is 10.3 Å². The van der Waals surface area contributed by atoms with Crippen molar-refractivity contribution >= 4 is 29.0 Å². The molecule has 0 saturated heterocycles. The minimum absolute atomic E-state index is 0.0978.